The van der Waals surface area contributed by atoms with E-state index in [0.717, 1.165) is 4.90 Å². The summed E-state index contributed by atoms with van der Waals surface area (Å²) in [6.07, 6.45) is 0. The normalized spacial score (nSPS) is 10.1. The number of esters is 1. The summed E-state index contributed by atoms with van der Waals surface area (Å²) in [7, 11) is 1.30. The number of carbonyl (C=O) groups excluding carboxylic acids is 2. The third kappa shape index (κ3) is 4.24. The van der Waals surface area contributed by atoms with Crippen molar-refractivity contribution < 1.29 is 19.4 Å². The Morgan fingerprint density at radius 1 is 1.29 bits per heavy atom. The minimum absolute atomic E-state index is 0.185. The molecule has 0 bridgehead atoms. The van der Waals surface area contributed by atoms with Gasteiger partial charge in [-0.25, -0.2) is 4.79 Å². The molecule has 2 aromatic rings. The van der Waals surface area contributed by atoms with E-state index < -0.39 is 5.97 Å². The first kappa shape index (κ1) is 15.4. The lowest BCUT2D eigenvalue weighted by Crippen LogP contribution is -2.15. The number of hydrogen-bond acceptors (Lipinski definition) is 6. The largest absolute Gasteiger partial charge is 0.508 e. The van der Waals surface area contributed by atoms with Crippen LogP contribution in [0.15, 0.2) is 40.6 Å². The van der Waals surface area contributed by atoms with Gasteiger partial charge in [0.25, 0.3) is 0 Å². The smallest absolute Gasteiger partial charge is 0.340 e. The number of thioether (sulfide) groups is 1. The van der Waals surface area contributed by atoms with Gasteiger partial charge in [0.15, 0.2) is 0 Å². The monoisotopic (exact) mass is 323 g/mol. The van der Waals surface area contributed by atoms with Gasteiger partial charge < -0.3 is 15.2 Å². The Morgan fingerprint density at radius 3 is 2.67 bits per heavy atom. The van der Waals surface area contributed by atoms with Gasteiger partial charge in [-0.2, -0.15) is 0 Å². The molecule has 0 radical (unpaired) electrons. The summed E-state index contributed by atoms with van der Waals surface area (Å²) in [5, 5.41) is 14.1. The fraction of sp³-hybridized carbons (Fsp3) is 0.143. The molecule has 5 nitrogen and oxygen atoms in total. The molecule has 0 saturated carbocycles. The molecule has 2 rings (SSSR count). The van der Waals surface area contributed by atoms with Crippen LogP contribution in [0.1, 0.15) is 10.4 Å². The zero-order valence-electron chi connectivity index (χ0n) is 11.2. The number of hydrogen-bond donors (Lipinski definition) is 2. The maximum absolute atomic E-state index is 11.9. The van der Waals surface area contributed by atoms with E-state index in [-0.39, 0.29) is 17.4 Å². The van der Waals surface area contributed by atoms with Gasteiger partial charge in [0.05, 0.1) is 18.4 Å². The zero-order chi connectivity index (χ0) is 15.2. The summed E-state index contributed by atoms with van der Waals surface area (Å²) in [5.41, 5.74) is 0.352. The number of amides is 1. The molecule has 21 heavy (non-hydrogen) atoms. The first-order valence-electron chi connectivity index (χ1n) is 5.97. The Kier molecular flexibility index (Phi) is 5.24. The number of benzene rings is 1. The minimum atomic E-state index is -0.474. The fourth-order valence-corrected chi connectivity index (χ4v) is 3.02. The predicted molar refractivity (Wildman–Crippen MR) is 83.1 cm³/mol. The summed E-state index contributed by atoms with van der Waals surface area (Å²) in [6, 6.07) is 8.21. The van der Waals surface area contributed by atoms with Crippen molar-refractivity contribution in [3.05, 3.63) is 41.3 Å². The first-order chi connectivity index (χ1) is 10.1. The summed E-state index contributed by atoms with van der Waals surface area (Å²) in [5.74, 6) is -0.285. The van der Waals surface area contributed by atoms with Crippen LogP contribution in [0.5, 0.6) is 5.75 Å². The number of phenols is 1. The van der Waals surface area contributed by atoms with Gasteiger partial charge in [0.1, 0.15) is 10.8 Å². The molecule has 0 saturated heterocycles. The lowest BCUT2D eigenvalue weighted by Gasteiger charge is -2.05. The Morgan fingerprint density at radius 2 is 2.00 bits per heavy atom. The second-order valence-corrected chi connectivity index (χ2v) is 5.95. The minimum Gasteiger partial charge on any atom is -0.508 e. The number of thiophene rings is 1. The molecule has 0 fully saturated rings. The Labute approximate surface area is 129 Å². The van der Waals surface area contributed by atoms with Crippen LogP contribution in [0, 0.1) is 0 Å². The van der Waals surface area contributed by atoms with Crippen molar-refractivity contribution in [3.63, 3.8) is 0 Å². The molecule has 1 amide bonds. The van der Waals surface area contributed by atoms with Crippen molar-refractivity contribution in [2.45, 2.75) is 4.90 Å². The zero-order valence-corrected chi connectivity index (χ0v) is 12.8. The maximum atomic E-state index is 11.9. The van der Waals surface area contributed by atoms with Crippen molar-refractivity contribution in [2.75, 3.05) is 18.2 Å². The van der Waals surface area contributed by atoms with Gasteiger partial charge in [0, 0.05) is 4.90 Å². The number of ether oxygens (including phenoxy) is 1. The standard InChI is InChI=1S/C14H13NO4S2/c1-19-14(18)11-6-7-20-13(11)15-12(17)8-21-10-4-2-9(16)3-5-10/h2-7,16H,8H2,1H3,(H,15,17). The molecule has 2 N–H and O–H groups in total. The van der Waals surface area contributed by atoms with Gasteiger partial charge in [-0.15, -0.1) is 23.1 Å². The second-order valence-electron chi connectivity index (χ2n) is 3.99. The van der Waals surface area contributed by atoms with E-state index in [1.807, 2.05) is 0 Å². The van der Waals surface area contributed by atoms with Crippen molar-refractivity contribution >= 4 is 40.0 Å². The van der Waals surface area contributed by atoms with Crippen LogP contribution in [-0.2, 0) is 9.53 Å². The van der Waals surface area contributed by atoms with E-state index in [0.29, 0.717) is 10.6 Å². The predicted octanol–water partition coefficient (Wildman–Crippen LogP) is 2.97. The van der Waals surface area contributed by atoms with E-state index in [1.54, 1.807) is 35.7 Å². The number of phenolic OH excluding ortho intramolecular Hbond substituents is 1. The Bertz CT molecular complexity index is 637. The van der Waals surface area contributed by atoms with Crippen molar-refractivity contribution in [1.82, 2.24) is 0 Å². The lowest BCUT2D eigenvalue weighted by atomic mass is 10.3. The summed E-state index contributed by atoms with van der Waals surface area (Å²) < 4.78 is 4.64. The molecular formula is C14H13NO4S2. The van der Waals surface area contributed by atoms with Crippen LogP contribution in [0.4, 0.5) is 5.00 Å². The average Bonchev–Trinajstić information content (AvgIpc) is 2.94. The van der Waals surface area contributed by atoms with Crippen LogP contribution >= 0.6 is 23.1 Å². The molecule has 0 spiro atoms. The molecular weight excluding hydrogens is 310 g/mol. The topological polar surface area (TPSA) is 75.6 Å². The molecule has 0 aliphatic heterocycles. The SMILES string of the molecule is COC(=O)c1ccsc1NC(=O)CSc1ccc(O)cc1. The number of aromatic hydroxyl groups is 1. The highest BCUT2D eigenvalue weighted by Gasteiger charge is 2.15. The fourth-order valence-electron chi connectivity index (χ4n) is 1.53. The van der Waals surface area contributed by atoms with Gasteiger partial charge in [-0.1, -0.05) is 0 Å². The number of rotatable bonds is 5. The molecule has 1 heterocycles. The van der Waals surface area contributed by atoms with Crippen molar-refractivity contribution in [2.24, 2.45) is 0 Å². The third-order valence-corrected chi connectivity index (χ3v) is 4.37. The highest BCUT2D eigenvalue weighted by molar-refractivity contribution is 8.00. The number of carbonyl (C=O) groups is 2. The Balaban J connectivity index is 1.92. The number of nitrogens with one attached hydrogen (secondary N) is 1. The van der Waals surface area contributed by atoms with Crippen LogP contribution < -0.4 is 5.32 Å². The van der Waals surface area contributed by atoms with Crippen LogP contribution in [-0.4, -0.2) is 29.8 Å². The van der Waals surface area contributed by atoms with Gasteiger partial charge in [-0.05, 0) is 35.7 Å². The van der Waals surface area contributed by atoms with Crippen LogP contribution in [0.2, 0.25) is 0 Å². The van der Waals surface area contributed by atoms with E-state index in [2.05, 4.69) is 10.1 Å². The molecule has 1 aromatic heterocycles. The molecule has 110 valence electrons. The summed E-state index contributed by atoms with van der Waals surface area (Å²) in [4.78, 5) is 24.3. The highest BCUT2D eigenvalue weighted by atomic mass is 32.2. The van der Waals surface area contributed by atoms with E-state index in [9.17, 15) is 14.7 Å². The Hall–Kier alpha value is -1.99. The van der Waals surface area contributed by atoms with Crippen LogP contribution in [0.25, 0.3) is 0 Å². The summed E-state index contributed by atoms with van der Waals surface area (Å²) in [6.45, 7) is 0. The first-order valence-corrected chi connectivity index (χ1v) is 7.84. The molecule has 0 aliphatic carbocycles. The lowest BCUT2D eigenvalue weighted by molar-refractivity contribution is -0.113. The van der Waals surface area contributed by atoms with E-state index in [4.69, 9.17) is 0 Å². The van der Waals surface area contributed by atoms with Gasteiger partial charge in [0.2, 0.25) is 5.91 Å². The summed E-state index contributed by atoms with van der Waals surface area (Å²) >= 11 is 2.61. The van der Waals surface area contributed by atoms with Crippen molar-refractivity contribution in [1.29, 1.82) is 0 Å². The van der Waals surface area contributed by atoms with E-state index >= 15 is 0 Å². The van der Waals surface area contributed by atoms with Gasteiger partial charge >= 0.3 is 5.97 Å². The quantitative estimate of drug-likeness (QED) is 0.653. The molecule has 0 atom stereocenters. The number of methoxy groups -OCH3 is 1. The molecule has 1 aromatic carbocycles. The van der Waals surface area contributed by atoms with E-state index in [1.165, 1.54) is 30.2 Å². The molecule has 7 heteroatoms. The van der Waals surface area contributed by atoms with Crippen molar-refractivity contribution in [3.8, 4) is 5.75 Å². The second kappa shape index (κ2) is 7.14. The highest BCUT2D eigenvalue weighted by Crippen LogP contribution is 2.25. The third-order valence-electron chi connectivity index (χ3n) is 2.53. The average molecular weight is 323 g/mol. The molecule has 0 unspecified atom stereocenters. The number of anilines is 1. The van der Waals surface area contributed by atoms with Gasteiger partial charge in [-0.3, -0.25) is 4.79 Å². The maximum Gasteiger partial charge on any atom is 0.340 e. The molecule has 0 aliphatic rings. The van der Waals surface area contributed by atoms with Crippen LogP contribution in [0.3, 0.4) is 0 Å².